The lowest BCUT2D eigenvalue weighted by Gasteiger charge is -2.11. The van der Waals surface area contributed by atoms with Crippen LogP contribution in [0.1, 0.15) is 30.9 Å². The third-order valence-electron chi connectivity index (χ3n) is 4.63. The number of hydrogen-bond donors (Lipinski definition) is 1. The second-order valence-corrected chi connectivity index (χ2v) is 7.76. The zero-order valence-electron chi connectivity index (χ0n) is 15.3. The normalized spacial score (nSPS) is 13.1. The van der Waals surface area contributed by atoms with E-state index in [1.165, 1.54) is 18.4 Å². The third-order valence-corrected chi connectivity index (χ3v) is 5.59. The molecule has 140 valence electrons. The Hall–Kier alpha value is -3.04. The van der Waals surface area contributed by atoms with E-state index in [4.69, 9.17) is 5.26 Å². The number of para-hydroxylation sites is 1. The van der Waals surface area contributed by atoms with Gasteiger partial charge in [-0.15, -0.1) is 0 Å². The molecule has 1 N–H and O–H groups in total. The first kappa shape index (κ1) is 18.3. The number of nitrogens with one attached hydrogen (secondary N) is 1. The molecule has 1 amide bonds. The van der Waals surface area contributed by atoms with Crippen LogP contribution < -0.4 is 5.32 Å². The molecule has 0 spiro atoms. The standard InChI is InChI=1S/C22H20N4OS/c23-14-17-8-4-5-9-19(17)25-21(27)12-13-28-22-24-15-20(26(22)18-10-11-18)16-6-2-1-3-7-16/h1-9,15,18H,10-13H2,(H,25,27). The number of nitriles is 1. The number of thioether (sulfide) groups is 1. The quantitative estimate of drug-likeness (QED) is 0.586. The molecular formula is C22H20N4OS. The highest BCUT2D eigenvalue weighted by atomic mass is 32.2. The lowest BCUT2D eigenvalue weighted by atomic mass is 10.2. The minimum absolute atomic E-state index is 0.0944. The molecule has 0 aliphatic heterocycles. The van der Waals surface area contributed by atoms with Crippen LogP contribution in [0.15, 0.2) is 66.0 Å². The number of hydrogen-bond acceptors (Lipinski definition) is 4. The number of imidazole rings is 1. The maximum absolute atomic E-state index is 12.3. The largest absolute Gasteiger partial charge is 0.325 e. The number of benzene rings is 2. The van der Waals surface area contributed by atoms with Gasteiger partial charge in [0.2, 0.25) is 5.91 Å². The second kappa shape index (κ2) is 8.32. The summed E-state index contributed by atoms with van der Waals surface area (Å²) in [6.45, 7) is 0. The Labute approximate surface area is 168 Å². The lowest BCUT2D eigenvalue weighted by molar-refractivity contribution is -0.115. The number of anilines is 1. The van der Waals surface area contributed by atoms with Crippen LogP contribution in [0.2, 0.25) is 0 Å². The van der Waals surface area contributed by atoms with Gasteiger partial charge in [0.05, 0.1) is 23.1 Å². The molecule has 1 aliphatic rings. The molecule has 1 heterocycles. The van der Waals surface area contributed by atoms with Crippen LogP contribution >= 0.6 is 11.8 Å². The van der Waals surface area contributed by atoms with Gasteiger partial charge >= 0.3 is 0 Å². The van der Waals surface area contributed by atoms with E-state index in [1.807, 2.05) is 30.5 Å². The Kier molecular flexibility index (Phi) is 5.45. The zero-order valence-corrected chi connectivity index (χ0v) is 16.2. The molecule has 0 unspecified atom stereocenters. The molecule has 1 aliphatic carbocycles. The number of carbonyl (C=O) groups excluding carboxylic acids is 1. The van der Waals surface area contributed by atoms with Crippen molar-refractivity contribution >= 4 is 23.4 Å². The zero-order chi connectivity index (χ0) is 19.3. The van der Waals surface area contributed by atoms with Crippen LogP contribution in [-0.4, -0.2) is 21.2 Å². The molecule has 6 heteroatoms. The molecule has 0 bridgehead atoms. The van der Waals surface area contributed by atoms with Crippen molar-refractivity contribution in [3.63, 3.8) is 0 Å². The third kappa shape index (κ3) is 4.10. The Morgan fingerprint density at radius 2 is 1.93 bits per heavy atom. The number of nitrogens with zero attached hydrogens (tertiary/aromatic N) is 3. The van der Waals surface area contributed by atoms with E-state index in [1.54, 1.807) is 30.0 Å². The molecule has 0 saturated heterocycles. The maximum Gasteiger partial charge on any atom is 0.225 e. The van der Waals surface area contributed by atoms with Crippen molar-refractivity contribution in [2.24, 2.45) is 0 Å². The SMILES string of the molecule is N#Cc1ccccc1NC(=O)CCSc1ncc(-c2ccccc2)n1C1CC1. The fraction of sp³-hybridized carbons (Fsp3) is 0.227. The van der Waals surface area contributed by atoms with E-state index in [9.17, 15) is 4.79 Å². The van der Waals surface area contributed by atoms with Gasteiger partial charge in [0.25, 0.3) is 0 Å². The van der Waals surface area contributed by atoms with E-state index in [-0.39, 0.29) is 5.91 Å². The summed E-state index contributed by atoms with van der Waals surface area (Å²) in [5.41, 5.74) is 3.34. The van der Waals surface area contributed by atoms with Crippen molar-refractivity contribution in [3.05, 3.63) is 66.4 Å². The van der Waals surface area contributed by atoms with Gasteiger partial charge in [-0.2, -0.15) is 5.26 Å². The van der Waals surface area contributed by atoms with E-state index >= 15 is 0 Å². The van der Waals surface area contributed by atoms with Gasteiger partial charge in [-0.1, -0.05) is 54.2 Å². The topological polar surface area (TPSA) is 70.7 Å². The molecule has 1 saturated carbocycles. The highest BCUT2D eigenvalue weighted by molar-refractivity contribution is 7.99. The number of amides is 1. The van der Waals surface area contributed by atoms with Gasteiger partial charge in [0.15, 0.2) is 5.16 Å². The van der Waals surface area contributed by atoms with Crippen LogP contribution in [0.25, 0.3) is 11.3 Å². The summed E-state index contributed by atoms with van der Waals surface area (Å²) in [5.74, 6) is 0.543. The van der Waals surface area contributed by atoms with Crippen LogP contribution in [0.4, 0.5) is 5.69 Å². The van der Waals surface area contributed by atoms with Gasteiger partial charge in [-0.05, 0) is 30.5 Å². The summed E-state index contributed by atoms with van der Waals surface area (Å²) in [7, 11) is 0. The highest BCUT2D eigenvalue weighted by Crippen LogP contribution is 2.41. The highest BCUT2D eigenvalue weighted by Gasteiger charge is 2.29. The number of rotatable bonds is 7. The molecule has 5 nitrogen and oxygen atoms in total. The summed E-state index contributed by atoms with van der Waals surface area (Å²) in [6.07, 6.45) is 4.65. The van der Waals surface area contributed by atoms with Gasteiger partial charge < -0.3 is 9.88 Å². The first-order chi connectivity index (χ1) is 13.8. The lowest BCUT2D eigenvalue weighted by Crippen LogP contribution is -2.13. The monoisotopic (exact) mass is 388 g/mol. The van der Waals surface area contributed by atoms with Crippen LogP contribution in [0.3, 0.4) is 0 Å². The number of carbonyl (C=O) groups is 1. The van der Waals surface area contributed by atoms with E-state index in [0.717, 1.165) is 10.9 Å². The fourth-order valence-corrected chi connectivity index (χ4v) is 4.08. The van der Waals surface area contributed by atoms with Crippen LogP contribution in [0.5, 0.6) is 0 Å². The average Bonchev–Trinajstić information content (AvgIpc) is 3.48. The second-order valence-electron chi connectivity index (χ2n) is 6.70. The summed E-state index contributed by atoms with van der Waals surface area (Å²) in [6, 6.07) is 19.9. The Bertz CT molecular complexity index is 1020. The van der Waals surface area contributed by atoms with Crippen molar-refractivity contribution in [2.45, 2.75) is 30.5 Å². The van der Waals surface area contributed by atoms with Crippen molar-refractivity contribution in [2.75, 3.05) is 11.1 Å². The molecule has 3 aromatic rings. The van der Waals surface area contributed by atoms with Gasteiger partial charge in [-0.25, -0.2) is 4.98 Å². The molecule has 4 rings (SSSR count). The summed E-state index contributed by atoms with van der Waals surface area (Å²) in [5, 5.41) is 12.9. The molecule has 0 atom stereocenters. The molecule has 1 aromatic heterocycles. The van der Waals surface area contributed by atoms with Crippen LogP contribution in [-0.2, 0) is 4.79 Å². The smallest absolute Gasteiger partial charge is 0.225 e. The maximum atomic E-state index is 12.3. The van der Waals surface area contributed by atoms with Crippen molar-refractivity contribution in [3.8, 4) is 17.3 Å². The molecule has 1 fully saturated rings. The average molecular weight is 388 g/mol. The van der Waals surface area contributed by atoms with Gasteiger partial charge in [0.1, 0.15) is 6.07 Å². The predicted octanol–water partition coefficient (Wildman–Crippen LogP) is 4.88. The van der Waals surface area contributed by atoms with Gasteiger partial charge in [0, 0.05) is 18.2 Å². The van der Waals surface area contributed by atoms with Crippen molar-refractivity contribution in [1.29, 1.82) is 5.26 Å². The summed E-state index contributed by atoms with van der Waals surface area (Å²) < 4.78 is 2.31. The van der Waals surface area contributed by atoms with E-state index < -0.39 is 0 Å². The summed E-state index contributed by atoms with van der Waals surface area (Å²) in [4.78, 5) is 16.9. The molecular weight excluding hydrogens is 368 g/mol. The predicted molar refractivity (Wildman–Crippen MR) is 111 cm³/mol. The summed E-state index contributed by atoms with van der Waals surface area (Å²) >= 11 is 1.61. The minimum atomic E-state index is -0.0944. The minimum Gasteiger partial charge on any atom is -0.325 e. The first-order valence-electron chi connectivity index (χ1n) is 9.30. The van der Waals surface area contributed by atoms with E-state index in [2.05, 4.69) is 33.1 Å². The Balaban J connectivity index is 1.40. The Morgan fingerprint density at radius 3 is 2.68 bits per heavy atom. The molecule has 28 heavy (non-hydrogen) atoms. The van der Waals surface area contributed by atoms with Crippen LogP contribution in [0, 0.1) is 11.3 Å². The first-order valence-corrected chi connectivity index (χ1v) is 10.3. The number of aromatic nitrogens is 2. The fourth-order valence-electron chi connectivity index (χ4n) is 3.10. The van der Waals surface area contributed by atoms with Gasteiger partial charge in [-0.3, -0.25) is 4.79 Å². The van der Waals surface area contributed by atoms with E-state index in [0.29, 0.717) is 29.5 Å². The Morgan fingerprint density at radius 1 is 1.18 bits per heavy atom. The molecule has 0 radical (unpaired) electrons. The van der Waals surface area contributed by atoms with Crippen molar-refractivity contribution < 1.29 is 4.79 Å². The van der Waals surface area contributed by atoms with Crippen molar-refractivity contribution in [1.82, 2.24) is 9.55 Å². The molecule has 2 aromatic carbocycles.